The second-order valence-corrected chi connectivity index (χ2v) is 4.03. The van der Waals surface area contributed by atoms with Gasteiger partial charge in [0, 0.05) is 13.1 Å². The molecular weight excluding hydrogens is 233 g/mol. The predicted octanol–water partition coefficient (Wildman–Crippen LogP) is 2.08. The maximum Gasteiger partial charge on any atom is 0.405 e. The van der Waals surface area contributed by atoms with E-state index in [4.69, 9.17) is 5.26 Å². The zero-order valence-corrected chi connectivity index (χ0v) is 10.1. The number of nitrogens with one attached hydrogen (secondary N) is 1. The molecule has 0 aromatic rings. The fourth-order valence-corrected chi connectivity index (χ4v) is 1.61. The molecule has 0 fully saturated rings. The number of hydrogen-bond acceptors (Lipinski definition) is 3. The molecule has 0 rings (SSSR count). The molecule has 0 saturated heterocycles. The summed E-state index contributed by atoms with van der Waals surface area (Å²) in [6.07, 6.45) is -3.63. The Morgan fingerprint density at radius 2 is 1.76 bits per heavy atom. The molecule has 0 heterocycles. The second-order valence-electron chi connectivity index (χ2n) is 4.03. The lowest BCUT2D eigenvalue weighted by molar-refractivity contribution is -0.157. The van der Waals surface area contributed by atoms with Crippen LogP contribution in [0.4, 0.5) is 13.2 Å². The number of aliphatic hydroxyl groups excluding tert-OH is 1. The molecule has 2 N–H and O–H groups in total. The summed E-state index contributed by atoms with van der Waals surface area (Å²) in [4.78, 5) is 0. The minimum Gasteiger partial charge on any atom is -0.392 e. The van der Waals surface area contributed by atoms with Crippen molar-refractivity contribution in [3.63, 3.8) is 0 Å². The van der Waals surface area contributed by atoms with E-state index in [-0.39, 0.29) is 12.5 Å². The van der Waals surface area contributed by atoms with Crippen molar-refractivity contribution < 1.29 is 18.3 Å². The molecule has 0 aromatic heterocycles. The first kappa shape index (κ1) is 16.2. The van der Waals surface area contributed by atoms with Gasteiger partial charge in [0.25, 0.3) is 0 Å². The number of nitriles is 1. The molecule has 2 atom stereocenters. The van der Waals surface area contributed by atoms with Crippen LogP contribution in [0, 0.1) is 23.2 Å². The number of rotatable bonds is 7. The van der Waals surface area contributed by atoms with Gasteiger partial charge in [-0.15, -0.1) is 0 Å². The first-order valence-corrected chi connectivity index (χ1v) is 5.71. The highest BCUT2D eigenvalue weighted by molar-refractivity contribution is 4.90. The van der Waals surface area contributed by atoms with Crippen LogP contribution in [0.3, 0.4) is 0 Å². The van der Waals surface area contributed by atoms with Crippen molar-refractivity contribution >= 4 is 0 Å². The molecule has 0 aliphatic heterocycles. The minimum absolute atomic E-state index is 0.0777. The van der Waals surface area contributed by atoms with E-state index in [9.17, 15) is 18.3 Å². The Morgan fingerprint density at radius 3 is 2.12 bits per heavy atom. The SMILES string of the molecule is CCC(CC)C(O)CNCC(C#N)C(F)(F)F. The molecular formula is C11H19F3N2O. The van der Waals surface area contributed by atoms with Gasteiger partial charge in [0.15, 0.2) is 5.92 Å². The third kappa shape index (κ3) is 5.89. The first-order chi connectivity index (χ1) is 7.86. The lowest BCUT2D eigenvalue weighted by atomic mass is 9.96. The van der Waals surface area contributed by atoms with E-state index >= 15 is 0 Å². The lowest BCUT2D eigenvalue weighted by Gasteiger charge is -2.21. The standard InChI is InChI=1S/C11H19F3N2O/c1-3-8(4-2)10(17)7-16-6-9(5-15)11(12,13)14/h8-10,16-17H,3-4,6-7H2,1-2H3. The van der Waals surface area contributed by atoms with E-state index in [1.165, 1.54) is 6.07 Å². The highest BCUT2D eigenvalue weighted by Gasteiger charge is 2.39. The molecule has 0 amide bonds. The number of alkyl halides is 3. The smallest absolute Gasteiger partial charge is 0.392 e. The molecule has 17 heavy (non-hydrogen) atoms. The highest BCUT2D eigenvalue weighted by Crippen LogP contribution is 2.24. The normalized spacial score (nSPS) is 15.6. The topological polar surface area (TPSA) is 56.0 Å². The largest absolute Gasteiger partial charge is 0.405 e. The molecule has 2 unspecified atom stereocenters. The number of nitrogens with zero attached hydrogens (tertiary/aromatic N) is 1. The van der Waals surface area contributed by atoms with Crippen molar-refractivity contribution in [2.24, 2.45) is 11.8 Å². The molecule has 0 bridgehead atoms. The number of halogens is 3. The Morgan fingerprint density at radius 1 is 1.24 bits per heavy atom. The van der Waals surface area contributed by atoms with Crippen molar-refractivity contribution in [3.05, 3.63) is 0 Å². The summed E-state index contributed by atoms with van der Waals surface area (Å²) in [6.45, 7) is 3.45. The van der Waals surface area contributed by atoms with Crippen LogP contribution in [0.1, 0.15) is 26.7 Å². The van der Waals surface area contributed by atoms with Crippen LogP contribution in [0.15, 0.2) is 0 Å². The molecule has 0 spiro atoms. The van der Waals surface area contributed by atoms with Crippen LogP contribution >= 0.6 is 0 Å². The van der Waals surface area contributed by atoms with E-state index in [0.29, 0.717) is 0 Å². The van der Waals surface area contributed by atoms with Crippen LogP contribution < -0.4 is 5.32 Å². The Hall–Kier alpha value is -0.800. The average Bonchev–Trinajstić information content (AvgIpc) is 2.24. The molecule has 0 aliphatic rings. The summed E-state index contributed by atoms with van der Waals surface area (Å²) >= 11 is 0. The summed E-state index contributed by atoms with van der Waals surface area (Å²) in [6, 6.07) is 1.20. The van der Waals surface area contributed by atoms with E-state index in [0.717, 1.165) is 12.8 Å². The van der Waals surface area contributed by atoms with Crippen LogP contribution in [-0.4, -0.2) is 30.5 Å². The summed E-state index contributed by atoms with van der Waals surface area (Å²) in [5.74, 6) is -1.94. The van der Waals surface area contributed by atoms with Gasteiger partial charge < -0.3 is 10.4 Å². The highest BCUT2D eigenvalue weighted by atomic mass is 19.4. The van der Waals surface area contributed by atoms with Gasteiger partial charge >= 0.3 is 6.18 Å². The quantitative estimate of drug-likeness (QED) is 0.729. The monoisotopic (exact) mass is 252 g/mol. The van der Waals surface area contributed by atoms with E-state index in [2.05, 4.69) is 5.32 Å². The summed E-state index contributed by atoms with van der Waals surface area (Å²) in [7, 11) is 0. The summed E-state index contributed by atoms with van der Waals surface area (Å²) < 4.78 is 36.6. The van der Waals surface area contributed by atoms with E-state index in [1.807, 2.05) is 13.8 Å². The van der Waals surface area contributed by atoms with Crippen LogP contribution in [0.25, 0.3) is 0 Å². The minimum atomic E-state index is -4.51. The van der Waals surface area contributed by atoms with Gasteiger partial charge in [0.2, 0.25) is 0 Å². The fourth-order valence-electron chi connectivity index (χ4n) is 1.61. The van der Waals surface area contributed by atoms with Crippen molar-refractivity contribution in [1.29, 1.82) is 5.26 Å². The maximum absolute atomic E-state index is 12.2. The third-order valence-corrected chi connectivity index (χ3v) is 2.85. The van der Waals surface area contributed by atoms with Crippen LogP contribution in [0.2, 0.25) is 0 Å². The summed E-state index contributed by atoms with van der Waals surface area (Å²) in [5.41, 5.74) is 0. The molecule has 3 nitrogen and oxygen atoms in total. The van der Waals surface area contributed by atoms with E-state index < -0.39 is 24.7 Å². The number of hydrogen-bond donors (Lipinski definition) is 2. The molecule has 6 heteroatoms. The molecule has 0 saturated carbocycles. The Labute approximate surface area is 99.6 Å². The van der Waals surface area contributed by atoms with Crippen LogP contribution in [-0.2, 0) is 0 Å². The Bertz CT molecular complexity index is 246. The third-order valence-electron chi connectivity index (χ3n) is 2.85. The van der Waals surface area contributed by atoms with Gasteiger partial charge in [-0.2, -0.15) is 18.4 Å². The van der Waals surface area contributed by atoms with Gasteiger partial charge in [-0.05, 0) is 5.92 Å². The molecule has 0 aromatic carbocycles. The maximum atomic E-state index is 12.2. The summed E-state index contributed by atoms with van der Waals surface area (Å²) in [5, 5.41) is 20.5. The van der Waals surface area contributed by atoms with Crippen molar-refractivity contribution in [3.8, 4) is 6.07 Å². The first-order valence-electron chi connectivity index (χ1n) is 5.71. The number of aliphatic hydroxyl groups is 1. The van der Waals surface area contributed by atoms with Gasteiger partial charge in [0.05, 0.1) is 12.2 Å². The van der Waals surface area contributed by atoms with Gasteiger partial charge in [-0.1, -0.05) is 26.7 Å². The van der Waals surface area contributed by atoms with Crippen LogP contribution in [0.5, 0.6) is 0 Å². The van der Waals surface area contributed by atoms with Crippen molar-refractivity contribution in [2.45, 2.75) is 39.0 Å². The van der Waals surface area contributed by atoms with Gasteiger partial charge in [-0.3, -0.25) is 0 Å². The average molecular weight is 252 g/mol. The molecule has 0 aliphatic carbocycles. The van der Waals surface area contributed by atoms with Crippen molar-refractivity contribution in [1.82, 2.24) is 5.32 Å². The zero-order chi connectivity index (χ0) is 13.5. The predicted molar refractivity (Wildman–Crippen MR) is 58.1 cm³/mol. The molecule has 100 valence electrons. The van der Waals surface area contributed by atoms with Crippen molar-refractivity contribution in [2.75, 3.05) is 13.1 Å². The second kappa shape index (κ2) is 7.51. The lowest BCUT2D eigenvalue weighted by Crippen LogP contribution is -2.38. The van der Waals surface area contributed by atoms with Gasteiger partial charge in [0.1, 0.15) is 0 Å². The Balaban J connectivity index is 4.02. The Kier molecular flexibility index (Phi) is 7.16. The molecule has 0 radical (unpaired) electrons. The fraction of sp³-hybridized carbons (Fsp3) is 0.909. The van der Waals surface area contributed by atoms with Gasteiger partial charge in [-0.25, -0.2) is 0 Å². The van der Waals surface area contributed by atoms with E-state index in [1.54, 1.807) is 0 Å². The zero-order valence-electron chi connectivity index (χ0n) is 10.1.